The molecule has 0 radical (unpaired) electrons. The van der Waals surface area contributed by atoms with Gasteiger partial charge in [0.15, 0.2) is 0 Å². The number of hydrogen-bond acceptors (Lipinski definition) is 1. The van der Waals surface area contributed by atoms with E-state index >= 15 is 0 Å². The van der Waals surface area contributed by atoms with Crippen LogP contribution in [0.3, 0.4) is 0 Å². The first-order chi connectivity index (χ1) is 8.36. The lowest BCUT2D eigenvalue weighted by Crippen LogP contribution is -2.24. The number of fused-ring (bicyclic) bond motifs is 1. The quantitative estimate of drug-likeness (QED) is 0.806. The summed E-state index contributed by atoms with van der Waals surface area (Å²) < 4.78 is 0. The van der Waals surface area contributed by atoms with E-state index in [4.69, 9.17) is 11.6 Å². The van der Waals surface area contributed by atoms with Crippen molar-refractivity contribution in [1.82, 2.24) is 5.32 Å². The lowest BCUT2D eigenvalue weighted by Gasteiger charge is -2.20. The van der Waals surface area contributed by atoms with Crippen molar-refractivity contribution in [3.05, 3.63) is 58.6 Å². The highest BCUT2D eigenvalue weighted by molar-refractivity contribution is 6.33. The van der Waals surface area contributed by atoms with Gasteiger partial charge >= 0.3 is 0 Å². The fraction of sp³-hybridized carbons (Fsp3) is 0.200. The van der Waals surface area contributed by atoms with Crippen molar-refractivity contribution in [2.45, 2.75) is 13.0 Å². The first kappa shape index (κ1) is 10.8. The van der Waals surface area contributed by atoms with Crippen LogP contribution in [0, 0.1) is 0 Å². The van der Waals surface area contributed by atoms with Crippen LogP contribution in [0.25, 0.3) is 11.1 Å². The van der Waals surface area contributed by atoms with Gasteiger partial charge in [-0.3, -0.25) is 0 Å². The average Bonchev–Trinajstić information content (AvgIpc) is 2.39. The van der Waals surface area contributed by atoms with E-state index in [0.717, 1.165) is 30.1 Å². The highest BCUT2D eigenvalue weighted by Crippen LogP contribution is 2.32. The van der Waals surface area contributed by atoms with Gasteiger partial charge in [0.05, 0.1) is 0 Å². The molecule has 0 saturated carbocycles. The molecule has 1 heterocycles. The zero-order valence-corrected chi connectivity index (χ0v) is 10.3. The van der Waals surface area contributed by atoms with Crippen molar-refractivity contribution in [2.75, 3.05) is 6.54 Å². The van der Waals surface area contributed by atoms with Gasteiger partial charge < -0.3 is 5.32 Å². The van der Waals surface area contributed by atoms with Gasteiger partial charge in [-0.1, -0.05) is 48.0 Å². The maximum absolute atomic E-state index is 6.29. The number of halogens is 1. The largest absolute Gasteiger partial charge is 0.312 e. The van der Waals surface area contributed by atoms with Crippen LogP contribution in [0.5, 0.6) is 0 Å². The number of nitrogens with one attached hydrogen (secondary N) is 1. The molecule has 0 spiro atoms. The molecule has 17 heavy (non-hydrogen) atoms. The van der Waals surface area contributed by atoms with Crippen LogP contribution in [0.2, 0.25) is 5.02 Å². The van der Waals surface area contributed by atoms with Crippen LogP contribution < -0.4 is 5.32 Å². The summed E-state index contributed by atoms with van der Waals surface area (Å²) in [6.07, 6.45) is 1.08. The van der Waals surface area contributed by atoms with Gasteiger partial charge in [-0.05, 0) is 35.7 Å². The molecule has 1 aliphatic heterocycles. The summed E-state index contributed by atoms with van der Waals surface area (Å²) in [6.45, 7) is 2.02. The summed E-state index contributed by atoms with van der Waals surface area (Å²) in [5.41, 5.74) is 5.27. The van der Waals surface area contributed by atoms with Gasteiger partial charge in [-0.15, -0.1) is 0 Å². The van der Waals surface area contributed by atoms with E-state index in [-0.39, 0.29) is 0 Å². The summed E-state index contributed by atoms with van der Waals surface area (Å²) in [5.74, 6) is 0. The number of rotatable bonds is 1. The molecule has 86 valence electrons. The zero-order valence-electron chi connectivity index (χ0n) is 9.54. The molecule has 1 N–H and O–H groups in total. The van der Waals surface area contributed by atoms with Crippen molar-refractivity contribution in [1.29, 1.82) is 0 Å². The molecule has 0 unspecified atom stereocenters. The van der Waals surface area contributed by atoms with Crippen molar-refractivity contribution in [3.63, 3.8) is 0 Å². The molecule has 0 atom stereocenters. The molecule has 1 aliphatic rings. The van der Waals surface area contributed by atoms with Gasteiger partial charge in [0.25, 0.3) is 0 Å². The van der Waals surface area contributed by atoms with Gasteiger partial charge in [-0.2, -0.15) is 0 Å². The Labute approximate surface area is 106 Å². The van der Waals surface area contributed by atoms with E-state index in [0.29, 0.717) is 0 Å². The van der Waals surface area contributed by atoms with E-state index in [1.165, 1.54) is 16.7 Å². The van der Waals surface area contributed by atoms with E-state index in [2.05, 4.69) is 29.6 Å². The van der Waals surface area contributed by atoms with Crippen LogP contribution >= 0.6 is 11.6 Å². The summed E-state index contributed by atoms with van der Waals surface area (Å²) >= 11 is 6.29. The molecular formula is C15H14ClN. The topological polar surface area (TPSA) is 12.0 Å². The number of hydrogen-bond donors (Lipinski definition) is 1. The van der Waals surface area contributed by atoms with Crippen LogP contribution in [0.15, 0.2) is 42.5 Å². The van der Waals surface area contributed by atoms with Crippen LogP contribution in [-0.4, -0.2) is 6.54 Å². The Balaban J connectivity index is 2.18. The minimum atomic E-state index is 0.833. The zero-order chi connectivity index (χ0) is 11.7. The van der Waals surface area contributed by atoms with E-state index < -0.39 is 0 Å². The SMILES string of the molecule is Clc1ccccc1-c1cccc2c1CCNC2. The second-order valence-electron chi connectivity index (χ2n) is 4.35. The molecule has 0 aromatic heterocycles. The summed E-state index contributed by atoms with van der Waals surface area (Å²) in [7, 11) is 0. The van der Waals surface area contributed by atoms with E-state index in [9.17, 15) is 0 Å². The maximum Gasteiger partial charge on any atom is 0.0484 e. The standard InChI is InChI=1S/C15H14ClN/c16-15-7-2-1-5-14(15)13-6-3-4-11-10-17-9-8-12(11)13/h1-7,17H,8-10H2. The molecule has 2 aromatic rings. The molecule has 0 aliphatic carbocycles. The van der Waals surface area contributed by atoms with Gasteiger partial charge in [0, 0.05) is 17.1 Å². The van der Waals surface area contributed by atoms with Crippen LogP contribution in [-0.2, 0) is 13.0 Å². The van der Waals surface area contributed by atoms with Crippen LogP contribution in [0.1, 0.15) is 11.1 Å². The molecule has 0 saturated heterocycles. The Morgan fingerprint density at radius 2 is 1.76 bits per heavy atom. The smallest absolute Gasteiger partial charge is 0.0484 e. The molecule has 2 aromatic carbocycles. The van der Waals surface area contributed by atoms with Crippen LogP contribution in [0.4, 0.5) is 0 Å². The molecule has 0 amide bonds. The molecular weight excluding hydrogens is 230 g/mol. The highest BCUT2D eigenvalue weighted by atomic mass is 35.5. The molecule has 0 bridgehead atoms. The molecule has 3 rings (SSSR count). The lowest BCUT2D eigenvalue weighted by atomic mass is 9.91. The molecule has 1 nitrogen and oxygen atoms in total. The van der Waals surface area contributed by atoms with Crippen molar-refractivity contribution < 1.29 is 0 Å². The van der Waals surface area contributed by atoms with Gasteiger partial charge in [0.1, 0.15) is 0 Å². The van der Waals surface area contributed by atoms with Crippen molar-refractivity contribution in [2.24, 2.45) is 0 Å². The monoisotopic (exact) mass is 243 g/mol. The Bertz CT molecular complexity index is 548. The molecule has 0 fully saturated rings. The Kier molecular flexibility index (Phi) is 2.87. The predicted molar refractivity (Wildman–Crippen MR) is 72.3 cm³/mol. The van der Waals surface area contributed by atoms with Gasteiger partial charge in [0.2, 0.25) is 0 Å². The van der Waals surface area contributed by atoms with Crippen molar-refractivity contribution in [3.8, 4) is 11.1 Å². The second-order valence-corrected chi connectivity index (χ2v) is 4.76. The summed E-state index contributed by atoms with van der Waals surface area (Å²) in [4.78, 5) is 0. The predicted octanol–water partition coefficient (Wildman–Crippen LogP) is 3.65. The minimum absolute atomic E-state index is 0.833. The summed E-state index contributed by atoms with van der Waals surface area (Å²) in [6, 6.07) is 14.6. The fourth-order valence-electron chi connectivity index (χ4n) is 2.46. The Morgan fingerprint density at radius 1 is 0.941 bits per heavy atom. The first-order valence-corrected chi connectivity index (χ1v) is 6.30. The minimum Gasteiger partial charge on any atom is -0.312 e. The first-order valence-electron chi connectivity index (χ1n) is 5.92. The summed E-state index contributed by atoms with van der Waals surface area (Å²) in [5, 5.41) is 4.23. The van der Waals surface area contributed by atoms with Crippen molar-refractivity contribution >= 4 is 11.6 Å². The maximum atomic E-state index is 6.29. The third-order valence-corrected chi connectivity index (χ3v) is 3.63. The molecule has 2 heteroatoms. The lowest BCUT2D eigenvalue weighted by molar-refractivity contribution is 0.645. The third kappa shape index (κ3) is 1.97. The fourth-order valence-corrected chi connectivity index (χ4v) is 2.70. The van der Waals surface area contributed by atoms with Gasteiger partial charge in [-0.25, -0.2) is 0 Å². The number of benzene rings is 2. The Hall–Kier alpha value is -1.31. The average molecular weight is 244 g/mol. The normalized spacial score (nSPS) is 14.4. The Morgan fingerprint density at radius 3 is 2.65 bits per heavy atom. The highest BCUT2D eigenvalue weighted by Gasteiger charge is 2.14. The third-order valence-electron chi connectivity index (χ3n) is 3.30. The van der Waals surface area contributed by atoms with E-state index in [1.54, 1.807) is 0 Å². The van der Waals surface area contributed by atoms with E-state index in [1.807, 2.05) is 18.2 Å². The second kappa shape index (κ2) is 4.52.